The molecule has 0 radical (unpaired) electrons. The van der Waals surface area contributed by atoms with Gasteiger partial charge in [-0.2, -0.15) is 0 Å². The maximum Gasteiger partial charge on any atom is 0.0220 e. The average Bonchev–Trinajstić information content (AvgIpc) is 2.50. The van der Waals surface area contributed by atoms with Crippen molar-refractivity contribution < 1.29 is 0 Å². The fourth-order valence-corrected chi connectivity index (χ4v) is 3.74. The third-order valence-electron chi connectivity index (χ3n) is 3.95. The number of piperidine rings is 1. The average molecular weight is 292 g/mol. The van der Waals surface area contributed by atoms with E-state index in [2.05, 4.69) is 47.5 Å². The Morgan fingerprint density at radius 1 is 1.25 bits per heavy atom. The summed E-state index contributed by atoms with van der Waals surface area (Å²) in [4.78, 5) is 4.09. The molecule has 1 aliphatic heterocycles. The molecule has 1 aromatic rings. The van der Waals surface area contributed by atoms with Crippen LogP contribution in [0.5, 0.6) is 0 Å². The number of thioether (sulfide) groups is 1. The van der Waals surface area contributed by atoms with E-state index in [0.717, 1.165) is 12.6 Å². The molecule has 1 fully saturated rings. The van der Waals surface area contributed by atoms with Gasteiger partial charge in [-0.3, -0.25) is 4.90 Å². The third kappa shape index (κ3) is 5.47. The highest BCUT2D eigenvalue weighted by molar-refractivity contribution is 7.99. The molecule has 1 N–H and O–H groups in total. The summed E-state index contributed by atoms with van der Waals surface area (Å²) in [7, 11) is 0. The minimum Gasteiger partial charge on any atom is -0.315 e. The van der Waals surface area contributed by atoms with Gasteiger partial charge < -0.3 is 5.32 Å². The summed E-state index contributed by atoms with van der Waals surface area (Å²) in [5, 5.41) is 3.59. The maximum atomic E-state index is 3.59. The lowest BCUT2D eigenvalue weighted by molar-refractivity contribution is 0.155. The van der Waals surface area contributed by atoms with E-state index in [1.807, 2.05) is 11.8 Å². The second-order valence-electron chi connectivity index (χ2n) is 5.55. The topological polar surface area (TPSA) is 15.3 Å². The minimum atomic E-state index is 0.756. The Kier molecular flexibility index (Phi) is 7.48. The van der Waals surface area contributed by atoms with Crippen LogP contribution in [0.15, 0.2) is 35.2 Å². The van der Waals surface area contributed by atoms with E-state index in [9.17, 15) is 0 Å². The standard InChI is InChI=1S/C17H28N2S/c1-2-11-18-15-16-8-6-7-12-19(16)13-14-20-17-9-4-3-5-10-17/h3-5,9-10,16,18H,2,6-8,11-15H2,1H3. The van der Waals surface area contributed by atoms with Crippen LogP contribution in [0.25, 0.3) is 0 Å². The molecule has 0 amide bonds. The van der Waals surface area contributed by atoms with Crippen molar-refractivity contribution in [2.75, 3.05) is 31.9 Å². The van der Waals surface area contributed by atoms with E-state index in [1.165, 1.54) is 56.0 Å². The van der Waals surface area contributed by atoms with Gasteiger partial charge in [0, 0.05) is 29.8 Å². The van der Waals surface area contributed by atoms with Gasteiger partial charge >= 0.3 is 0 Å². The zero-order valence-corrected chi connectivity index (χ0v) is 13.5. The molecule has 1 atom stereocenters. The Hall–Kier alpha value is -0.510. The van der Waals surface area contributed by atoms with Gasteiger partial charge in [0.2, 0.25) is 0 Å². The molecule has 1 aromatic carbocycles. The van der Waals surface area contributed by atoms with Crippen LogP contribution in [0.4, 0.5) is 0 Å². The van der Waals surface area contributed by atoms with E-state index in [4.69, 9.17) is 0 Å². The highest BCUT2D eigenvalue weighted by Crippen LogP contribution is 2.20. The molecule has 0 aromatic heterocycles. The first-order chi connectivity index (χ1) is 9.90. The van der Waals surface area contributed by atoms with E-state index < -0.39 is 0 Å². The van der Waals surface area contributed by atoms with Crippen molar-refractivity contribution in [3.8, 4) is 0 Å². The van der Waals surface area contributed by atoms with E-state index >= 15 is 0 Å². The Bertz CT molecular complexity index is 355. The smallest absolute Gasteiger partial charge is 0.0220 e. The van der Waals surface area contributed by atoms with Crippen LogP contribution in [0.2, 0.25) is 0 Å². The molecular weight excluding hydrogens is 264 g/mol. The fourth-order valence-electron chi connectivity index (χ4n) is 2.83. The Morgan fingerprint density at radius 2 is 2.10 bits per heavy atom. The van der Waals surface area contributed by atoms with Gasteiger partial charge in [-0.1, -0.05) is 31.5 Å². The fraction of sp³-hybridized carbons (Fsp3) is 0.647. The van der Waals surface area contributed by atoms with Crippen LogP contribution in [-0.2, 0) is 0 Å². The summed E-state index contributed by atoms with van der Waals surface area (Å²) in [6.07, 6.45) is 5.38. The molecule has 0 spiro atoms. The number of rotatable bonds is 8. The van der Waals surface area contributed by atoms with Crippen molar-refractivity contribution in [3.63, 3.8) is 0 Å². The number of nitrogens with one attached hydrogen (secondary N) is 1. The van der Waals surface area contributed by atoms with Crippen molar-refractivity contribution in [2.45, 2.75) is 43.5 Å². The van der Waals surface area contributed by atoms with Gasteiger partial charge in [-0.15, -0.1) is 11.8 Å². The number of hydrogen-bond donors (Lipinski definition) is 1. The monoisotopic (exact) mass is 292 g/mol. The van der Waals surface area contributed by atoms with Crippen LogP contribution in [0, 0.1) is 0 Å². The molecule has 0 saturated carbocycles. The largest absolute Gasteiger partial charge is 0.315 e. The van der Waals surface area contributed by atoms with Crippen molar-refractivity contribution in [1.29, 1.82) is 0 Å². The summed E-state index contributed by atoms with van der Waals surface area (Å²) >= 11 is 1.98. The second kappa shape index (κ2) is 9.43. The zero-order valence-electron chi connectivity index (χ0n) is 12.7. The maximum absolute atomic E-state index is 3.59. The number of benzene rings is 1. The van der Waals surface area contributed by atoms with Gasteiger partial charge in [0.25, 0.3) is 0 Å². The lowest BCUT2D eigenvalue weighted by Gasteiger charge is -2.35. The van der Waals surface area contributed by atoms with Crippen molar-refractivity contribution in [1.82, 2.24) is 10.2 Å². The molecular formula is C17H28N2S. The predicted molar refractivity (Wildman–Crippen MR) is 89.5 cm³/mol. The predicted octanol–water partition coefficient (Wildman–Crippen LogP) is 3.63. The van der Waals surface area contributed by atoms with Crippen molar-refractivity contribution >= 4 is 11.8 Å². The summed E-state index contributed by atoms with van der Waals surface area (Å²) in [5.41, 5.74) is 0. The first kappa shape index (κ1) is 15.9. The van der Waals surface area contributed by atoms with Gasteiger partial charge in [0.05, 0.1) is 0 Å². The molecule has 3 heteroatoms. The van der Waals surface area contributed by atoms with Crippen LogP contribution in [-0.4, -0.2) is 42.9 Å². The normalized spacial score (nSPS) is 20.1. The first-order valence-electron chi connectivity index (χ1n) is 8.02. The van der Waals surface area contributed by atoms with Gasteiger partial charge in [0.15, 0.2) is 0 Å². The number of likely N-dealkylation sites (tertiary alicyclic amines) is 1. The van der Waals surface area contributed by atoms with E-state index in [-0.39, 0.29) is 0 Å². The van der Waals surface area contributed by atoms with Crippen LogP contribution < -0.4 is 5.32 Å². The molecule has 2 rings (SSSR count). The SMILES string of the molecule is CCCNCC1CCCCN1CCSc1ccccc1. The van der Waals surface area contributed by atoms with Gasteiger partial charge in [0.1, 0.15) is 0 Å². The Labute approximate surface area is 128 Å². The lowest BCUT2D eigenvalue weighted by atomic mass is 10.0. The molecule has 1 aliphatic rings. The number of hydrogen-bond acceptors (Lipinski definition) is 3. The lowest BCUT2D eigenvalue weighted by Crippen LogP contribution is -2.46. The molecule has 0 bridgehead atoms. The van der Waals surface area contributed by atoms with Gasteiger partial charge in [-0.25, -0.2) is 0 Å². The van der Waals surface area contributed by atoms with Crippen LogP contribution in [0.1, 0.15) is 32.6 Å². The zero-order chi connectivity index (χ0) is 14.0. The first-order valence-corrected chi connectivity index (χ1v) is 9.01. The van der Waals surface area contributed by atoms with Crippen molar-refractivity contribution in [3.05, 3.63) is 30.3 Å². The third-order valence-corrected chi connectivity index (χ3v) is 4.94. The van der Waals surface area contributed by atoms with Gasteiger partial charge in [-0.05, 0) is 44.5 Å². The van der Waals surface area contributed by atoms with Crippen LogP contribution in [0.3, 0.4) is 0 Å². The second-order valence-corrected chi connectivity index (χ2v) is 6.72. The summed E-state index contributed by atoms with van der Waals surface area (Å²) < 4.78 is 0. The molecule has 112 valence electrons. The highest BCUT2D eigenvalue weighted by Gasteiger charge is 2.21. The minimum absolute atomic E-state index is 0.756. The molecule has 20 heavy (non-hydrogen) atoms. The summed E-state index contributed by atoms with van der Waals surface area (Å²) in [6, 6.07) is 11.5. The molecule has 1 unspecified atom stereocenters. The Balaban J connectivity index is 1.71. The Morgan fingerprint density at radius 3 is 2.90 bits per heavy atom. The molecule has 1 saturated heterocycles. The highest BCUT2D eigenvalue weighted by atomic mass is 32.2. The van der Waals surface area contributed by atoms with Crippen molar-refractivity contribution in [2.24, 2.45) is 0 Å². The molecule has 1 heterocycles. The molecule has 0 aliphatic carbocycles. The van der Waals surface area contributed by atoms with Crippen LogP contribution >= 0.6 is 11.8 Å². The number of nitrogens with zero attached hydrogens (tertiary/aromatic N) is 1. The van der Waals surface area contributed by atoms with E-state index in [0.29, 0.717) is 0 Å². The summed E-state index contributed by atoms with van der Waals surface area (Å²) in [6.45, 7) is 7.07. The van der Waals surface area contributed by atoms with E-state index in [1.54, 1.807) is 0 Å². The quantitative estimate of drug-likeness (QED) is 0.582. The summed E-state index contributed by atoms with van der Waals surface area (Å²) in [5.74, 6) is 1.20. The molecule has 2 nitrogen and oxygen atoms in total.